The molecule has 2 fully saturated rings. The molecule has 0 radical (unpaired) electrons. The van der Waals surface area contributed by atoms with Gasteiger partial charge in [0.15, 0.2) is 0 Å². The Labute approximate surface area is 181 Å². The van der Waals surface area contributed by atoms with Gasteiger partial charge in [0.05, 0.1) is 31.0 Å². The van der Waals surface area contributed by atoms with Crippen LogP contribution in [-0.4, -0.2) is 52.1 Å². The maximum Gasteiger partial charge on any atom is 0.230 e. The molecule has 3 aliphatic heterocycles. The number of carbonyl (C=O) groups excluding carboxylic acids is 2. The van der Waals surface area contributed by atoms with E-state index < -0.39 is 17.4 Å². The summed E-state index contributed by atoms with van der Waals surface area (Å²) in [6.07, 6.45) is 3.58. The number of fused-ring (bicyclic) bond motifs is 1. The van der Waals surface area contributed by atoms with Gasteiger partial charge in [0.1, 0.15) is 17.1 Å². The number of carbonyl (C=O) groups is 2. The van der Waals surface area contributed by atoms with Crippen LogP contribution in [0.4, 0.5) is 0 Å². The van der Waals surface area contributed by atoms with Crippen molar-refractivity contribution in [3.63, 3.8) is 0 Å². The average molecular weight is 421 g/mol. The van der Waals surface area contributed by atoms with Crippen molar-refractivity contribution in [3.8, 4) is 0 Å². The fourth-order valence-corrected chi connectivity index (χ4v) is 5.18. The van der Waals surface area contributed by atoms with E-state index in [9.17, 15) is 9.59 Å². The third-order valence-electron chi connectivity index (χ3n) is 6.86. The molecule has 4 heterocycles. The molecular formula is C24H27N3O4. The molecule has 2 saturated heterocycles. The fraction of sp³-hybridized carbons (Fsp3) is 0.458. The zero-order chi connectivity index (χ0) is 21.9. The highest BCUT2D eigenvalue weighted by atomic mass is 16.5. The Balaban J connectivity index is 1.35. The predicted molar refractivity (Wildman–Crippen MR) is 113 cm³/mol. The van der Waals surface area contributed by atoms with Crippen molar-refractivity contribution >= 4 is 11.8 Å². The summed E-state index contributed by atoms with van der Waals surface area (Å²) in [5.41, 5.74) is 3.52. The maximum atomic E-state index is 13.4. The Morgan fingerprint density at radius 3 is 2.77 bits per heavy atom. The first-order chi connectivity index (χ1) is 14.8. The normalized spacial score (nSPS) is 28.5. The minimum absolute atomic E-state index is 0.00545. The molecule has 162 valence electrons. The highest BCUT2D eigenvalue weighted by Crippen LogP contribution is 2.52. The SMILES string of the molecule is Cc1cc(CN(C)C(=O)[C@@H]2[C@@H]3C=C[C@@]4(CN(Cc5ccc(C)c(C)c5)C(=O)[C@@H]24)O3)no1. The van der Waals surface area contributed by atoms with Crippen LogP contribution in [0, 0.1) is 32.6 Å². The van der Waals surface area contributed by atoms with Gasteiger partial charge in [-0.2, -0.15) is 0 Å². The molecule has 5 rings (SSSR count). The van der Waals surface area contributed by atoms with Crippen LogP contribution < -0.4 is 0 Å². The monoisotopic (exact) mass is 421 g/mol. The van der Waals surface area contributed by atoms with Crippen LogP contribution in [0.5, 0.6) is 0 Å². The van der Waals surface area contributed by atoms with Crippen molar-refractivity contribution in [1.29, 1.82) is 0 Å². The second-order valence-electron chi connectivity index (χ2n) is 9.14. The highest BCUT2D eigenvalue weighted by molar-refractivity contribution is 5.93. The number of aromatic nitrogens is 1. The maximum absolute atomic E-state index is 13.4. The van der Waals surface area contributed by atoms with E-state index in [0.717, 1.165) is 5.56 Å². The van der Waals surface area contributed by atoms with Gasteiger partial charge in [0, 0.05) is 19.7 Å². The number of aryl methyl sites for hydroxylation is 3. The lowest BCUT2D eigenvalue weighted by molar-refractivity contribution is -0.143. The predicted octanol–water partition coefficient (Wildman–Crippen LogP) is 2.54. The molecule has 2 amide bonds. The van der Waals surface area contributed by atoms with Crippen LogP contribution in [0.1, 0.15) is 28.1 Å². The minimum Gasteiger partial charge on any atom is -0.361 e. The van der Waals surface area contributed by atoms with Gasteiger partial charge in [0.2, 0.25) is 11.8 Å². The van der Waals surface area contributed by atoms with Crippen LogP contribution in [0.2, 0.25) is 0 Å². The molecule has 31 heavy (non-hydrogen) atoms. The van der Waals surface area contributed by atoms with Gasteiger partial charge >= 0.3 is 0 Å². The van der Waals surface area contributed by atoms with Gasteiger partial charge in [-0.15, -0.1) is 0 Å². The van der Waals surface area contributed by atoms with E-state index in [1.807, 2.05) is 30.0 Å². The molecule has 0 saturated carbocycles. The number of benzene rings is 1. The molecule has 3 aliphatic rings. The van der Waals surface area contributed by atoms with E-state index in [1.54, 1.807) is 11.9 Å². The zero-order valence-electron chi connectivity index (χ0n) is 18.3. The lowest BCUT2D eigenvalue weighted by Crippen LogP contribution is -2.44. The first-order valence-corrected chi connectivity index (χ1v) is 10.7. The minimum atomic E-state index is -0.701. The summed E-state index contributed by atoms with van der Waals surface area (Å²) in [5.74, 6) is -0.394. The Hall–Kier alpha value is -2.93. The van der Waals surface area contributed by atoms with E-state index in [-0.39, 0.29) is 17.9 Å². The Morgan fingerprint density at radius 2 is 2.06 bits per heavy atom. The number of amides is 2. The molecule has 2 bridgehead atoms. The van der Waals surface area contributed by atoms with Gasteiger partial charge in [-0.3, -0.25) is 9.59 Å². The van der Waals surface area contributed by atoms with Gasteiger partial charge < -0.3 is 19.1 Å². The van der Waals surface area contributed by atoms with Crippen molar-refractivity contribution in [1.82, 2.24) is 15.0 Å². The van der Waals surface area contributed by atoms with Gasteiger partial charge in [-0.25, -0.2) is 0 Å². The Kier molecular flexibility index (Phi) is 4.55. The van der Waals surface area contributed by atoms with E-state index in [2.05, 4.69) is 37.2 Å². The summed E-state index contributed by atoms with van der Waals surface area (Å²) in [7, 11) is 1.74. The largest absolute Gasteiger partial charge is 0.361 e. The average Bonchev–Trinajstić information content (AvgIpc) is 3.46. The van der Waals surface area contributed by atoms with E-state index in [1.165, 1.54) is 11.1 Å². The van der Waals surface area contributed by atoms with Crippen molar-refractivity contribution in [2.45, 2.75) is 45.6 Å². The third kappa shape index (κ3) is 3.19. The van der Waals surface area contributed by atoms with Crippen molar-refractivity contribution < 1.29 is 18.8 Å². The van der Waals surface area contributed by atoms with Crippen LogP contribution in [-0.2, 0) is 27.4 Å². The van der Waals surface area contributed by atoms with Crippen LogP contribution in [0.25, 0.3) is 0 Å². The van der Waals surface area contributed by atoms with Crippen LogP contribution in [0.15, 0.2) is 40.9 Å². The van der Waals surface area contributed by atoms with E-state index in [0.29, 0.717) is 31.1 Å². The Morgan fingerprint density at radius 1 is 1.26 bits per heavy atom. The van der Waals surface area contributed by atoms with Crippen LogP contribution >= 0.6 is 0 Å². The lowest BCUT2D eigenvalue weighted by atomic mass is 9.76. The van der Waals surface area contributed by atoms with Crippen molar-refractivity contribution in [3.05, 3.63) is 64.6 Å². The van der Waals surface area contributed by atoms with Crippen molar-refractivity contribution in [2.75, 3.05) is 13.6 Å². The molecular weight excluding hydrogens is 394 g/mol. The standard InChI is InChI=1S/C24H27N3O4/c1-14-5-6-17(9-15(14)2)11-27-13-24-8-7-19(30-24)20(21(24)23(27)29)22(28)26(4)12-18-10-16(3)31-25-18/h5-10,19-21H,11-13H2,1-4H3/t19-,20+,21+,24-/m0/s1. The molecule has 1 spiro atoms. The molecule has 7 heteroatoms. The highest BCUT2D eigenvalue weighted by Gasteiger charge is 2.67. The molecule has 0 aliphatic carbocycles. The van der Waals surface area contributed by atoms with E-state index in [4.69, 9.17) is 9.26 Å². The van der Waals surface area contributed by atoms with Gasteiger partial charge in [-0.05, 0) is 37.5 Å². The third-order valence-corrected chi connectivity index (χ3v) is 6.86. The summed E-state index contributed by atoms with van der Waals surface area (Å²) < 4.78 is 11.4. The van der Waals surface area contributed by atoms with Crippen LogP contribution in [0.3, 0.4) is 0 Å². The van der Waals surface area contributed by atoms with E-state index >= 15 is 0 Å². The fourth-order valence-electron chi connectivity index (χ4n) is 5.18. The second-order valence-corrected chi connectivity index (χ2v) is 9.14. The summed E-state index contributed by atoms with van der Waals surface area (Å²) in [6.45, 7) is 7.31. The molecule has 1 aromatic carbocycles. The van der Waals surface area contributed by atoms with Gasteiger partial charge in [-0.1, -0.05) is 35.5 Å². The number of ether oxygens (including phenoxy) is 1. The second kappa shape index (κ2) is 7.05. The zero-order valence-corrected chi connectivity index (χ0v) is 18.3. The Bertz CT molecular complexity index is 1090. The summed E-state index contributed by atoms with van der Waals surface area (Å²) >= 11 is 0. The molecule has 4 atom stereocenters. The molecule has 1 aromatic heterocycles. The number of hydrogen-bond acceptors (Lipinski definition) is 5. The molecule has 2 aromatic rings. The van der Waals surface area contributed by atoms with Gasteiger partial charge in [0.25, 0.3) is 0 Å². The first kappa shape index (κ1) is 20.0. The van der Waals surface area contributed by atoms with Crippen molar-refractivity contribution in [2.24, 2.45) is 11.8 Å². The summed E-state index contributed by atoms with van der Waals surface area (Å²) in [5, 5.41) is 3.98. The smallest absolute Gasteiger partial charge is 0.230 e. The first-order valence-electron chi connectivity index (χ1n) is 10.7. The number of rotatable bonds is 5. The molecule has 0 unspecified atom stereocenters. The lowest BCUT2D eigenvalue weighted by Gasteiger charge is -2.27. The molecule has 0 N–H and O–H groups in total. The summed E-state index contributed by atoms with van der Waals surface area (Å²) in [6, 6.07) is 8.08. The summed E-state index contributed by atoms with van der Waals surface area (Å²) in [4.78, 5) is 30.3. The quantitative estimate of drug-likeness (QED) is 0.694. The number of likely N-dealkylation sites (tertiary alicyclic amines) is 1. The number of nitrogens with zero attached hydrogens (tertiary/aromatic N) is 3. The topological polar surface area (TPSA) is 75.9 Å². The molecule has 7 nitrogen and oxygen atoms in total. The number of hydrogen-bond donors (Lipinski definition) is 0.